The number of aryl methyl sites for hydroxylation is 2. The Morgan fingerprint density at radius 1 is 1.32 bits per heavy atom. The van der Waals surface area contributed by atoms with Crippen LogP contribution in [0.3, 0.4) is 0 Å². The van der Waals surface area contributed by atoms with Gasteiger partial charge in [0.1, 0.15) is 4.90 Å². The summed E-state index contributed by atoms with van der Waals surface area (Å²) in [6, 6.07) is 4.69. The van der Waals surface area contributed by atoms with E-state index < -0.39 is 22.5 Å². The molecular weight excluding hydrogens is 382 g/mol. The lowest BCUT2D eigenvalue weighted by Gasteiger charge is -2.19. The molecule has 2 N–H and O–H groups in total. The number of benzene rings is 1. The van der Waals surface area contributed by atoms with E-state index in [0.717, 1.165) is 9.87 Å². The van der Waals surface area contributed by atoms with Crippen molar-refractivity contribution in [3.05, 3.63) is 52.1 Å². The van der Waals surface area contributed by atoms with Gasteiger partial charge in [0.25, 0.3) is 5.56 Å². The van der Waals surface area contributed by atoms with Crippen LogP contribution < -0.4 is 10.9 Å². The van der Waals surface area contributed by atoms with E-state index in [-0.39, 0.29) is 10.5 Å². The Hall–Kier alpha value is -2.98. The van der Waals surface area contributed by atoms with Crippen molar-refractivity contribution in [2.75, 3.05) is 18.9 Å². The fourth-order valence-corrected chi connectivity index (χ4v) is 4.46. The standard InChI is InChI=1S/C18H21N5O4S/c1-11-7-13-9-19-21-17(13)18(12(11)2)28(26,27)23(4)10-15(24)20-14-5-6-22(3)16(25)8-14/h5-9H,10H2,1-4H3,(H,19,21)(H,20,24). The first-order valence-electron chi connectivity index (χ1n) is 8.47. The van der Waals surface area contributed by atoms with Crippen molar-refractivity contribution in [3.8, 4) is 0 Å². The minimum absolute atomic E-state index is 0.101. The van der Waals surface area contributed by atoms with Gasteiger partial charge < -0.3 is 9.88 Å². The molecule has 0 saturated carbocycles. The van der Waals surface area contributed by atoms with Gasteiger partial charge in [-0.15, -0.1) is 0 Å². The predicted octanol–water partition coefficient (Wildman–Crippen LogP) is 1.14. The molecule has 0 spiro atoms. The number of carbonyl (C=O) groups is 1. The van der Waals surface area contributed by atoms with Crippen molar-refractivity contribution < 1.29 is 13.2 Å². The number of hydrogen-bond acceptors (Lipinski definition) is 5. The van der Waals surface area contributed by atoms with Crippen LogP contribution in [0, 0.1) is 13.8 Å². The fourth-order valence-electron chi connectivity index (χ4n) is 2.89. The lowest BCUT2D eigenvalue weighted by molar-refractivity contribution is -0.116. The number of aromatic nitrogens is 3. The molecule has 148 valence electrons. The molecule has 2 aromatic heterocycles. The predicted molar refractivity (Wildman–Crippen MR) is 106 cm³/mol. The summed E-state index contributed by atoms with van der Waals surface area (Å²) in [6.45, 7) is 3.14. The molecule has 9 nitrogen and oxygen atoms in total. The summed E-state index contributed by atoms with van der Waals surface area (Å²) in [7, 11) is -1.03. The molecule has 0 aliphatic rings. The Labute approximate surface area is 162 Å². The van der Waals surface area contributed by atoms with Crippen molar-refractivity contribution >= 4 is 32.5 Å². The number of pyridine rings is 1. The lowest BCUT2D eigenvalue weighted by Crippen LogP contribution is -2.35. The maximum absolute atomic E-state index is 13.1. The molecule has 2 heterocycles. The summed E-state index contributed by atoms with van der Waals surface area (Å²) in [5, 5.41) is 9.88. The van der Waals surface area contributed by atoms with E-state index in [4.69, 9.17) is 0 Å². The van der Waals surface area contributed by atoms with Crippen LogP contribution in [0.4, 0.5) is 5.69 Å². The van der Waals surface area contributed by atoms with Gasteiger partial charge >= 0.3 is 0 Å². The number of sulfonamides is 1. The van der Waals surface area contributed by atoms with Gasteiger partial charge in [-0.3, -0.25) is 14.7 Å². The van der Waals surface area contributed by atoms with E-state index in [1.165, 1.54) is 23.9 Å². The molecule has 0 aliphatic heterocycles. The first-order chi connectivity index (χ1) is 13.1. The van der Waals surface area contributed by atoms with Crippen molar-refractivity contribution in [1.82, 2.24) is 19.1 Å². The first-order valence-corrected chi connectivity index (χ1v) is 9.91. The Morgan fingerprint density at radius 3 is 2.71 bits per heavy atom. The monoisotopic (exact) mass is 403 g/mol. The average Bonchev–Trinajstić information content (AvgIpc) is 3.06. The number of nitrogens with one attached hydrogen (secondary N) is 2. The summed E-state index contributed by atoms with van der Waals surface area (Å²) in [4.78, 5) is 24.1. The van der Waals surface area contributed by atoms with E-state index in [9.17, 15) is 18.0 Å². The second-order valence-corrected chi connectivity index (χ2v) is 8.64. The molecule has 28 heavy (non-hydrogen) atoms. The lowest BCUT2D eigenvalue weighted by atomic mass is 10.1. The molecule has 0 fully saturated rings. The molecule has 0 aliphatic carbocycles. The van der Waals surface area contributed by atoms with Gasteiger partial charge in [0.2, 0.25) is 15.9 Å². The highest BCUT2D eigenvalue weighted by Gasteiger charge is 2.28. The van der Waals surface area contributed by atoms with E-state index in [2.05, 4.69) is 15.5 Å². The summed E-state index contributed by atoms with van der Waals surface area (Å²) in [5.41, 5.74) is 1.83. The average molecular weight is 403 g/mol. The van der Waals surface area contributed by atoms with E-state index >= 15 is 0 Å². The van der Waals surface area contributed by atoms with Crippen LogP contribution in [0.5, 0.6) is 0 Å². The third-order valence-corrected chi connectivity index (χ3v) is 6.60. The highest BCUT2D eigenvalue weighted by molar-refractivity contribution is 7.89. The quantitative estimate of drug-likeness (QED) is 0.662. The molecule has 10 heteroatoms. The highest BCUT2D eigenvalue weighted by Crippen LogP contribution is 2.29. The number of likely N-dealkylation sites (N-methyl/N-ethyl adjacent to an activating group) is 1. The Balaban J connectivity index is 1.87. The van der Waals surface area contributed by atoms with Gasteiger partial charge in [0.05, 0.1) is 18.3 Å². The SMILES string of the molecule is Cc1cc2cn[nH]c2c(S(=O)(=O)N(C)CC(=O)Nc2ccn(C)c(=O)c2)c1C. The number of rotatable bonds is 5. The van der Waals surface area contributed by atoms with Crippen LogP contribution in [0.25, 0.3) is 10.9 Å². The Morgan fingerprint density at radius 2 is 2.04 bits per heavy atom. The third-order valence-electron chi connectivity index (χ3n) is 4.62. The number of anilines is 1. The molecule has 3 rings (SSSR count). The smallest absolute Gasteiger partial charge is 0.252 e. The zero-order chi connectivity index (χ0) is 20.6. The summed E-state index contributed by atoms with van der Waals surface area (Å²) in [5.74, 6) is -0.550. The minimum Gasteiger partial charge on any atom is -0.325 e. The van der Waals surface area contributed by atoms with Crippen molar-refractivity contribution in [2.24, 2.45) is 7.05 Å². The molecule has 0 unspecified atom stereocenters. The molecule has 0 saturated heterocycles. The van der Waals surface area contributed by atoms with Crippen LogP contribution >= 0.6 is 0 Å². The number of aromatic amines is 1. The zero-order valence-electron chi connectivity index (χ0n) is 16.0. The molecule has 0 atom stereocenters. The molecular formula is C18H21N5O4S. The maximum Gasteiger partial charge on any atom is 0.252 e. The molecule has 1 aromatic carbocycles. The van der Waals surface area contributed by atoms with Gasteiger partial charge in [-0.05, 0) is 37.1 Å². The summed E-state index contributed by atoms with van der Waals surface area (Å²) >= 11 is 0. The van der Waals surface area contributed by atoms with E-state index in [1.807, 2.05) is 13.0 Å². The van der Waals surface area contributed by atoms with Gasteiger partial charge in [-0.25, -0.2) is 8.42 Å². The molecule has 3 aromatic rings. The van der Waals surface area contributed by atoms with Crippen LogP contribution in [-0.4, -0.2) is 47.0 Å². The van der Waals surface area contributed by atoms with Gasteiger partial charge in [0, 0.05) is 37.4 Å². The highest BCUT2D eigenvalue weighted by atomic mass is 32.2. The minimum atomic E-state index is -3.96. The van der Waals surface area contributed by atoms with Gasteiger partial charge in [0.15, 0.2) is 0 Å². The largest absolute Gasteiger partial charge is 0.325 e. The van der Waals surface area contributed by atoms with Crippen molar-refractivity contribution in [1.29, 1.82) is 0 Å². The van der Waals surface area contributed by atoms with E-state index in [0.29, 0.717) is 22.2 Å². The number of amides is 1. The topological polar surface area (TPSA) is 117 Å². The molecule has 0 bridgehead atoms. The van der Waals surface area contributed by atoms with Crippen molar-refractivity contribution in [3.63, 3.8) is 0 Å². The van der Waals surface area contributed by atoms with E-state index in [1.54, 1.807) is 26.2 Å². The number of hydrogen-bond donors (Lipinski definition) is 2. The fraction of sp³-hybridized carbons (Fsp3) is 0.278. The van der Waals surface area contributed by atoms with Crippen LogP contribution in [0.1, 0.15) is 11.1 Å². The number of nitrogens with zero attached hydrogens (tertiary/aromatic N) is 3. The second-order valence-electron chi connectivity index (χ2n) is 6.66. The normalized spacial score (nSPS) is 11.9. The second kappa shape index (κ2) is 7.21. The van der Waals surface area contributed by atoms with Gasteiger partial charge in [-0.1, -0.05) is 0 Å². The van der Waals surface area contributed by atoms with Gasteiger partial charge in [-0.2, -0.15) is 9.40 Å². The summed E-state index contributed by atoms with van der Waals surface area (Å²) in [6.07, 6.45) is 3.08. The zero-order valence-corrected chi connectivity index (χ0v) is 16.8. The van der Waals surface area contributed by atoms with Crippen LogP contribution in [0.2, 0.25) is 0 Å². The molecule has 0 radical (unpaired) electrons. The first kappa shape index (κ1) is 19.8. The number of carbonyl (C=O) groups excluding carboxylic acids is 1. The molecule has 1 amide bonds. The maximum atomic E-state index is 13.1. The van der Waals surface area contributed by atoms with Crippen LogP contribution in [0.15, 0.2) is 40.3 Å². The Kier molecular flexibility index (Phi) is 5.09. The number of H-pyrrole nitrogens is 1. The van der Waals surface area contributed by atoms with Crippen LogP contribution in [-0.2, 0) is 21.9 Å². The third kappa shape index (κ3) is 3.56. The Bertz CT molecular complexity index is 1230. The number of fused-ring (bicyclic) bond motifs is 1. The van der Waals surface area contributed by atoms with Crippen molar-refractivity contribution in [2.45, 2.75) is 18.7 Å². The summed E-state index contributed by atoms with van der Waals surface area (Å²) < 4.78 is 28.6.